The molecule has 0 radical (unpaired) electrons. The lowest BCUT2D eigenvalue weighted by Gasteiger charge is -2.08. The molecule has 1 aromatic heterocycles. The van der Waals surface area contributed by atoms with Crippen molar-refractivity contribution in [1.82, 2.24) is 9.78 Å². The van der Waals surface area contributed by atoms with Gasteiger partial charge in [0.1, 0.15) is 0 Å². The first-order chi connectivity index (χ1) is 9.70. The predicted molar refractivity (Wildman–Crippen MR) is 79.9 cm³/mol. The van der Waals surface area contributed by atoms with Crippen LogP contribution in [0.15, 0.2) is 42.5 Å². The third-order valence-electron chi connectivity index (χ3n) is 3.66. The fourth-order valence-corrected chi connectivity index (χ4v) is 2.40. The van der Waals surface area contributed by atoms with Gasteiger partial charge in [0.05, 0.1) is 29.4 Å². The van der Waals surface area contributed by atoms with Crippen molar-refractivity contribution in [3.63, 3.8) is 0 Å². The Balaban J connectivity index is 2.27. The second kappa shape index (κ2) is 4.82. The highest BCUT2D eigenvalue weighted by atomic mass is 15.3. The molecule has 0 aliphatic carbocycles. The van der Waals surface area contributed by atoms with Crippen LogP contribution in [0.4, 0.5) is 0 Å². The number of benzene rings is 2. The SMILES string of the molecule is Cc1ccc(-n2nc3ccccc3c2CC#N)cc1C. The summed E-state index contributed by atoms with van der Waals surface area (Å²) in [5, 5.41) is 14.8. The lowest BCUT2D eigenvalue weighted by molar-refractivity contribution is 0.842. The Hall–Kier alpha value is -2.60. The maximum absolute atomic E-state index is 9.08. The zero-order valence-corrected chi connectivity index (χ0v) is 11.6. The molecule has 0 unspecified atom stereocenters. The van der Waals surface area contributed by atoms with E-state index < -0.39 is 0 Å². The van der Waals surface area contributed by atoms with Gasteiger partial charge in [0.2, 0.25) is 0 Å². The van der Waals surface area contributed by atoms with Crippen LogP contribution in [0, 0.1) is 25.2 Å². The third kappa shape index (κ3) is 1.96. The Morgan fingerprint density at radius 1 is 1.10 bits per heavy atom. The Morgan fingerprint density at radius 2 is 1.90 bits per heavy atom. The maximum Gasteiger partial charge on any atom is 0.0931 e. The molecule has 3 aromatic rings. The van der Waals surface area contributed by atoms with E-state index in [9.17, 15) is 0 Å². The highest BCUT2D eigenvalue weighted by Crippen LogP contribution is 2.23. The molecule has 0 saturated heterocycles. The van der Waals surface area contributed by atoms with Crippen LogP contribution >= 0.6 is 0 Å². The van der Waals surface area contributed by atoms with Gasteiger partial charge in [0, 0.05) is 5.39 Å². The van der Waals surface area contributed by atoms with Crippen molar-refractivity contribution in [2.45, 2.75) is 20.3 Å². The Labute approximate surface area is 118 Å². The predicted octanol–water partition coefficient (Wildman–Crippen LogP) is 3.71. The third-order valence-corrected chi connectivity index (χ3v) is 3.66. The zero-order valence-electron chi connectivity index (χ0n) is 11.6. The summed E-state index contributed by atoms with van der Waals surface area (Å²) in [7, 11) is 0. The van der Waals surface area contributed by atoms with Gasteiger partial charge in [0.25, 0.3) is 0 Å². The normalized spacial score (nSPS) is 10.7. The van der Waals surface area contributed by atoms with Crippen LogP contribution in [-0.2, 0) is 6.42 Å². The van der Waals surface area contributed by atoms with Crippen molar-refractivity contribution in [3.8, 4) is 11.8 Å². The minimum atomic E-state index is 0.355. The fraction of sp³-hybridized carbons (Fsp3) is 0.176. The van der Waals surface area contributed by atoms with Crippen LogP contribution in [0.3, 0.4) is 0 Å². The van der Waals surface area contributed by atoms with Crippen molar-refractivity contribution in [2.75, 3.05) is 0 Å². The van der Waals surface area contributed by atoms with Gasteiger partial charge in [-0.3, -0.25) is 0 Å². The molecule has 0 amide bonds. The minimum absolute atomic E-state index is 0.355. The molecule has 3 heteroatoms. The smallest absolute Gasteiger partial charge is 0.0931 e. The van der Waals surface area contributed by atoms with Gasteiger partial charge in [-0.15, -0.1) is 0 Å². The van der Waals surface area contributed by atoms with E-state index in [0.29, 0.717) is 6.42 Å². The van der Waals surface area contributed by atoms with Crippen LogP contribution in [0.2, 0.25) is 0 Å². The van der Waals surface area contributed by atoms with E-state index in [0.717, 1.165) is 22.3 Å². The van der Waals surface area contributed by atoms with Crippen LogP contribution in [0.5, 0.6) is 0 Å². The summed E-state index contributed by atoms with van der Waals surface area (Å²) in [6, 6.07) is 16.4. The van der Waals surface area contributed by atoms with Crippen molar-refractivity contribution >= 4 is 10.9 Å². The number of hydrogen-bond donors (Lipinski definition) is 0. The van der Waals surface area contributed by atoms with Crippen molar-refractivity contribution in [2.24, 2.45) is 0 Å². The topological polar surface area (TPSA) is 41.6 Å². The van der Waals surface area contributed by atoms with Gasteiger partial charge in [-0.25, -0.2) is 4.68 Å². The molecule has 2 aromatic carbocycles. The first kappa shape index (κ1) is 12.4. The lowest BCUT2D eigenvalue weighted by Crippen LogP contribution is -2.02. The number of fused-ring (bicyclic) bond motifs is 1. The van der Waals surface area contributed by atoms with Gasteiger partial charge in [-0.2, -0.15) is 10.4 Å². The molecule has 1 heterocycles. The largest absolute Gasteiger partial charge is 0.236 e. The number of aryl methyl sites for hydroxylation is 2. The molecule has 0 N–H and O–H groups in total. The molecule has 0 saturated carbocycles. The van der Waals surface area contributed by atoms with E-state index in [1.54, 1.807) is 0 Å². The molecule has 0 aliphatic rings. The highest BCUT2D eigenvalue weighted by molar-refractivity contribution is 5.82. The van der Waals surface area contributed by atoms with E-state index in [-0.39, 0.29) is 0 Å². The molecule has 0 spiro atoms. The second-order valence-corrected chi connectivity index (χ2v) is 4.98. The maximum atomic E-state index is 9.08. The molecule has 0 bridgehead atoms. The monoisotopic (exact) mass is 261 g/mol. The van der Waals surface area contributed by atoms with E-state index >= 15 is 0 Å². The number of aromatic nitrogens is 2. The summed E-state index contributed by atoms with van der Waals surface area (Å²) in [5.41, 5.74) is 5.37. The van der Waals surface area contributed by atoms with Gasteiger partial charge < -0.3 is 0 Å². The summed E-state index contributed by atoms with van der Waals surface area (Å²) < 4.78 is 1.89. The summed E-state index contributed by atoms with van der Waals surface area (Å²) >= 11 is 0. The molecule has 20 heavy (non-hydrogen) atoms. The van der Waals surface area contributed by atoms with Gasteiger partial charge >= 0.3 is 0 Å². The molecule has 0 aliphatic heterocycles. The number of rotatable bonds is 2. The summed E-state index contributed by atoms with van der Waals surface area (Å²) in [6.07, 6.45) is 0.355. The molecule has 0 fully saturated rings. The summed E-state index contributed by atoms with van der Waals surface area (Å²) in [6.45, 7) is 4.18. The van der Waals surface area contributed by atoms with Gasteiger partial charge in [-0.1, -0.05) is 24.3 Å². The van der Waals surface area contributed by atoms with Crippen molar-refractivity contribution in [3.05, 3.63) is 59.3 Å². The average Bonchev–Trinajstić information content (AvgIpc) is 2.82. The van der Waals surface area contributed by atoms with Crippen LogP contribution < -0.4 is 0 Å². The fourth-order valence-electron chi connectivity index (χ4n) is 2.40. The summed E-state index contributed by atoms with van der Waals surface area (Å²) in [5.74, 6) is 0. The molecule has 3 nitrogen and oxygen atoms in total. The van der Waals surface area contributed by atoms with E-state index in [4.69, 9.17) is 5.26 Å². The summed E-state index contributed by atoms with van der Waals surface area (Å²) in [4.78, 5) is 0. The number of hydrogen-bond acceptors (Lipinski definition) is 2. The van der Waals surface area contributed by atoms with E-state index in [1.165, 1.54) is 11.1 Å². The lowest BCUT2D eigenvalue weighted by atomic mass is 10.1. The molecule has 3 rings (SSSR count). The number of nitrogens with zero attached hydrogens (tertiary/aromatic N) is 3. The van der Waals surface area contributed by atoms with E-state index in [2.05, 4.69) is 43.2 Å². The molecular formula is C17H15N3. The zero-order chi connectivity index (χ0) is 14.1. The highest BCUT2D eigenvalue weighted by Gasteiger charge is 2.12. The Kier molecular flexibility index (Phi) is 3.00. The minimum Gasteiger partial charge on any atom is -0.236 e. The Morgan fingerprint density at radius 3 is 2.65 bits per heavy atom. The quantitative estimate of drug-likeness (QED) is 0.705. The van der Waals surface area contributed by atoms with Gasteiger partial charge in [-0.05, 0) is 43.2 Å². The van der Waals surface area contributed by atoms with Crippen LogP contribution in [0.25, 0.3) is 16.6 Å². The average molecular weight is 261 g/mol. The first-order valence-electron chi connectivity index (χ1n) is 6.62. The Bertz CT molecular complexity index is 822. The van der Waals surface area contributed by atoms with Crippen LogP contribution in [0.1, 0.15) is 16.8 Å². The number of nitriles is 1. The van der Waals surface area contributed by atoms with Gasteiger partial charge in [0.15, 0.2) is 0 Å². The van der Waals surface area contributed by atoms with Crippen molar-refractivity contribution < 1.29 is 0 Å². The first-order valence-corrected chi connectivity index (χ1v) is 6.62. The molecule has 0 atom stereocenters. The van der Waals surface area contributed by atoms with Crippen molar-refractivity contribution in [1.29, 1.82) is 5.26 Å². The van der Waals surface area contributed by atoms with E-state index in [1.807, 2.05) is 28.9 Å². The second-order valence-electron chi connectivity index (χ2n) is 4.98. The standard InChI is InChI=1S/C17H15N3/c1-12-7-8-14(11-13(12)2)20-17(9-10-18)15-5-3-4-6-16(15)19-20/h3-8,11H,9H2,1-2H3. The molecule has 98 valence electrons. The van der Waals surface area contributed by atoms with Crippen LogP contribution in [-0.4, -0.2) is 9.78 Å². The molecular weight excluding hydrogens is 246 g/mol.